The normalized spacial score (nSPS) is 14.3. The number of benzene rings is 2. The molecule has 10 heteroatoms. The van der Waals surface area contributed by atoms with Gasteiger partial charge in [-0.1, -0.05) is 64.8 Å². The van der Waals surface area contributed by atoms with E-state index in [0.29, 0.717) is 43.5 Å². The van der Waals surface area contributed by atoms with Gasteiger partial charge in [0.15, 0.2) is 11.0 Å². The first-order valence-corrected chi connectivity index (χ1v) is 11.7. The Balaban J connectivity index is 1.45. The Labute approximate surface area is 199 Å². The largest absolute Gasteiger partial charge is 0.484 e. The van der Waals surface area contributed by atoms with Gasteiger partial charge in [0.25, 0.3) is 0 Å². The van der Waals surface area contributed by atoms with Gasteiger partial charge in [-0.3, -0.25) is 9.36 Å². The summed E-state index contributed by atoms with van der Waals surface area (Å²) in [5, 5.41) is 12.9. The fourth-order valence-electron chi connectivity index (χ4n) is 2.94. The number of para-hydroxylation sites is 1. The van der Waals surface area contributed by atoms with Gasteiger partial charge >= 0.3 is 0 Å². The van der Waals surface area contributed by atoms with Crippen LogP contribution in [0.1, 0.15) is 31.6 Å². The number of hydrogen-bond acceptors (Lipinski definition) is 5. The Hall–Kier alpha value is -1.93. The molecule has 1 aliphatic carbocycles. The molecule has 1 aromatic heterocycles. The van der Waals surface area contributed by atoms with Crippen molar-refractivity contribution in [3.8, 4) is 5.75 Å². The van der Waals surface area contributed by atoms with Gasteiger partial charge in [-0.2, -0.15) is 0 Å². The van der Waals surface area contributed by atoms with Gasteiger partial charge in [-0.15, -0.1) is 10.2 Å². The third kappa shape index (κ3) is 5.29. The molecule has 0 bridgehead atoms. The molecule has 3 aromatic rings. The second-order valence-electron chi connectivity index (χ2n) is 7.07. The highest BCUT2D eigenvalue weighted by molar-refractivity contribution is 8.00. The molecule has 1 heterocycles. The Morgan fingerprint density at radius 1 is 1.16 bits per heavy atom. The van der Waals surface area contributed by atoms with E-state index in [-0.39, 0.29) is 12.5 Å². The van der Waals surface area contributed by atoms with E-state index in [1.807, 2.05) is 25.1 Å². The number of halogens is 3. The molecular weight excluding hydrogens is 479 g/mol. The number of aromatic nitrogens is 3. The third-order valence-electron chi connectivity index (χ3n) is 4.70. The molecule has 6 nitrogen and oxygen atoms in total. The van der Waals surface area contributed by atoms with E-state index in [0.717, 1.165) is 12.8 Å². The molecule has 1 aliphatic rings. The van der Waals surface area contributed by atoms with Crippen LogP contribution in [0.15, 0.2) is 47.6 Å². The van der Waals surface area contributed by atoms with Gasteiger partial charge in [0.05, 0.1) is 26.0 Å². The first-order chi connectivity index (χ1) is 14.9. The summed E-state index contributed by atoms with van der Waals surface area (Å²) in [4.78, 5) is 12.7. The topological polar surface area (TPSA) is 69.0 Å². The highest BCUT2D eigenvalue weighted by Gasteiger charge is 2.31. The average molecular weight is 498 g/mol. The Morgan fingerprint density at radius 3 is 2.65 bits per heavy atom. The van der Waals surface area contributed by atoms with Crippen LogP contribution in [0.3, 0.4) is 0 Å². The molecular formula is C21H19Cl3N4O2S. The Bertz CT molecular complexity index is 1100. The fraction of sp³-hybridized carbons (Fsp3) is 0.286. The van der Waals surface area contributed by atoms with Crippen molar-refractivity contribution in [2.75, 3.05) is 5.32 Å². The smallest absolute Gasteiger partial charge is 0.237 e. The minimum absolute atomic E-state index is 0.201. The number of thioether (sulfide) groups is 1. The van der Waals surface area contributed by atoms with E-state index in [1.165, 1.54) is 11.8 Å². The second-order valence-corrected chi connectivity index (χ2v) is 9.57. The molecule has 0 aliphatic heterocycles. The molecule has 1 amide bonds. The van der Waals surface area contributed by atoms with Crippen LogP contribution in [0.2, 0.25) is 15.1 Å². The van der Waals surface area contributed by atoms with Crippen molar-refractivity contribution in [3.63, 3.8) is 0 Å². The van der Waals surface area contributed by atoms with E-state index in [4.69, 9.17) is 39.5 Å². The molecule has 1 unspecified atom stereocenters. The number of hydrogen-bond donors (Lipinski definition) is 1. The number of anilines is 1. The summed E-state index contributed by atoms with van der Waals surface area (Å²) in [5.74, 6) is 1.10. The molecule has 31 heavy (non-hydrogen) atoms. The van der Waals surface area contributed by atoms with Crippen molar-refractivity contribution in [1.82, 2.24) is 14.8 Å². The summed E-state index contributed by atoms with van der Waals surface area (Å²) in [6, 6.07) is 12.7. The SMILES string of the molecule is CC(Sc1nnc(COc2ccccc2Cl)n1C1CC1)C(=O)Nc1cccc(Cl)c1Cl. The summed E-state index contributed by atoms with van der Waals surface area (Å²) in [7, 11) is 0. The highest BCUT2D eigenvalue weighted by atomic mass is 35.5. The lowest BCUT2D eigenvalue weighted by molar-refractivity contribution is -0.115. The van der Waals surface area contributed by atoms with Crippen molar-refractivity contribution in [3.05, 3.63) is 63.4 Å². The van der Waals surface area contributed by atoms with Gasteiger partial charge in [0, 0.05) is 6.04 Å². The highest BCUT2D eigenvalue weighted by Crippen LogP contribution is 2.40. The number of amides is 1. The quantitative estimate of drug-likeness (QED) is 0.371. The zero-order valence-electron chi connectivity index (χ0n) is 16.5. The molecule has 1 atom stereocenters. The zero-order chi connectivity index (χ0) is 22.0. The minimum atomic E-state index is -0.422. The van der Waals surface area contributed by atoms with Gasteiger partial charge in [-0.05, 0) is 44.0 Å². The van der Waals surface area contributed by atoms with E-state index in [2.05, 4.69) is 20.1 Å². The molecule has 1 fully saturated rings. The number of rotatable bonds is 8. The van der Waals surface area contributed by atoms with Gasteiger partial charge < -0.3 is 10.1 Å². The molecule has 4 rings (SSSR count). The van der Waals surface area contributed by atoms with E-state index in [1.54, 1.807) is 24.3 Å². The average Bonchev–Trinajstić information content (AvgIpc) is 3.51. The van der Waals surface area contributed by atoms with Crippen LogP contribution in [0.5, 0.6) is 5.75 Å². The third-order valence-corrected chi connectivity index (χ3v) is 6.89. The van der Waals surface area contributed by atoms with Crippen LogP contribution in [0.4, 0.5) is 5.69 Å². The maximum atomic E-state index is 12.7. The number of carbonyl (C=O) groups is 1. The molecule has 0 radical (unpaired) electrons. The first kappa shape index (κ1) is 22.3. The van der Waals surface area contributed by atoms with Crippen LogP contribution in [0.25, 0.3) is 0 Å². The molecule has 162 valence electrons. The van der Waals surface area contributed by atoms with Crippen molar-refractivity contribution in [2.24, 2.45) is 0 Å². The van der Waals surface area contributed by atoms with Gasteiger partial charge in [0.1, 0.15) is 12.4 Å². The van der Waals surface area contributed by atoms with E-state index >= 15 is 0 Å². The summed E-state index contributed by atoms with van der Waals surface area (Å²) >= 11 is 19.7. The van der Waals surface area contributed by atoms with Gasteiger partial charge in [0.2, 0.25) is 5.91 Å². The van der Waals surface area contributed by atoms with E-state index in [9.17, 15) is 4.79 Å². The first-order valence-electron chi connectivity index (χ1n) is 9.66. The lowest BCUT2D eigenvalue weighted by atomic mass is 10.3. The van der Waals surface area contributed by atoms with Crippen LogP contribution in [-0.4, -0.2) is 25.9 Å². The number of ether oxygens (including phenoxy) is 1. The lowest BCUT2D eigenvalue weighted by Gasteiger charge is -2.14. The fourth-order valence-corrected chi connectivity index (χ4v) is 4.41. The standard InChI is InChI=1S/C21H19Cl3N4O2S/c1-12(20(29)25-16-7-4-6-15(23)19(16)24)31-21-27-26-18(28(21)13-9-10-13)11-30-17-8-3-2-5-14(17)22/h2-8,12-13H,9-11H2,1H3,(H,25,29). The zero-order valence-corrected chi connectivity index (χ0v) is 19.6. The van der Waals surface area contributed by atoms with Crippen molar-refractivity contribution in [2.45, 2.75) is 42.8 Å². The van der Waals surface area contributed by atoms with Crippen LogP contribution < -0.4 is 10.1 Å². The van der Waals surface area contributed by atoms with Crippen LogP contribution in [-0.2, 0) is 11.4 Å². The maximum Gasteiger partial charge on any atom is 0.237 e. The molecule has 2 aromatic carbocycles. The monoisotopic (exact) mass is 496 g/mol. The van der Waals surface area contributed by atoms with E-state index < -0.39 is 5.25 Å². The predicted octanol–water partition coefficient (Wildman–Crippen LogP) is 6.27. The minimum Gasteiger partial charge on any atom is -0.484 e. The Morgan fingerprint density at radius 2 is 1.90 bits per heavy atom. The summed E-state index contributed by atoms with van der Waals surface area (Å²) < 4.78 is 7.89. The second kappa shape index (κ2) is 9.69. The van der Waals surface area contributed by atoms with Crippen LogP contribution in [0, 0.1) is 0 Å². The predicted molar refractivity (Wildman–Crippen MR) is 124 cm³/mol. The number of nitrogens with one attached hydrogen (secondary N) is 1. The molecule has 1 N–H and O–H groups in total. The lowest BCUT2D eigenvalue weighted by Crippen LogP contribution is -2.23. The van der Waals surface area contributed by atoms with Crippen LogP contribution >= 0.6 is 46.6 Å². The molecule has 1 saturated carbocycles. The number of carbonyl (C=O) groups excluding carboxylic acids is 1. The van der Waals surface area contributed by atoms with Crippen molar-refractivity contribution >= 4 is 58.2 Å². The summed E-state index contributed by atoms with van der Waals surface area (Å²) in [6.07, 6.45) is 2.09. The summed E-state index contributed by atoms with van der Waals surface area (Å²) in [6.45, 7) is 2.05. The molecule has 0 saturated heterocycles. The van der Waals surface area contributed by atoms with Crippen molar-refractivity contribution in [1.29, 1.82) is 0 Å². The van der Waals surface area contributed by atoms with Gasteiger partial charge in [-0.25, -0.2) is 0 Å². The Kier molecular flexibility index (Phi) is 6.96. The molecule has 0 spiro atoms. The number of nitrogens with zero attached hydrogens (tertiary/aromatic N) is 3. The van der Waals surface area contributed by atoms with Crippen molar-refractivity contribution < 1.29 is 9.53 Å². The summed E-state index contributed by atoms with van der Waals surface area (Å²) in [5.41, 5.74) is 0.476. The maximum absolute atomic E-state index is 12.7.